The van der Waals surface area contributed by atoms with E-state index in [1.54, 1.807) is 30.3 Å². The fraction of sp³-hybridized carbons (Fsp3) is 0.400. The number of fused-ring (bicyclic) bond motifs is 1. The second kappa shape index (κ2) is 11.2. The first kappa shape index (κ1) is 25.7. The third kappa shape index (κ3) is 5.63. The number of nitrogens with one attached hydrogen (secondary N) is 3. The van der Waals surface area contributed by atoms with Crippen LogP contribution in [0, 0.1) is 0 Å². The number of anilines is 3. The normalized spacial score (nSPS) is 18.4. The first-order chi connectivity index (χ1) is 18.4. The van der Waals surface area contributed by atoms with Crippen molar-refractivity contribution in [3.8, 4) is 11.9 Å². The van der Waals surface area contributed by atoms with E-state index < -0.39 is 12.1 Å². The average Bonchev–Trinajstić information content (AvgIpc) is 3.52. The Morgan fingerprint density at radius 2 is 1.95 bits per heavy atom. The molecule has 3 aromatic rings. The van der Waals surface area contributed by atoms with Crippen LogP contribution >= 0.6 is 11.3 Å². The Morgan fingerprint density at radius 3 is 2.71 bits per heavy atom. The largest absolute Gasteiger partial charge is 0.481 e. The van der Waals surface area contributed by atoms with Crippen LogP contribution in [0.25, 0.3) is 0 Å². The van der Waals surface area contributed by atoms with Gasteiger partial charge in [-0.05, 0) is 31.4 Å². The van der Waals surface area contributed by atoms with Gasteiger partial charge in [0.15, 0.2) is 5.13 Å². The molecule has 3 heterocycles. The molecule has 200 valence electrons. The molecule has 12 nitrogen and oxygen atoms in total. The molecular weight excluding hydrogens is 510 g/mol. The van der Waals surface area contributed by atoms with Crippen LogP contribution in [0.15, 0.2) is 30.3 Å². The third-order valence-corrected chi connectivity index (χ3v) is 7.55. The standard InChI is InChI=1S/C25H29N7O5S/c1-36-21-12-20(29-24(30-21)37-2)32-11-10-17-19(13-32)38-25(28-17)31-23(35)27-15-7-4-3-6-14(15)22(34)26-16-8-5-9-18(16)33/h3-4,6-7,12,16,18,33H,5,8-11,13H2,1-2H3,(H,26,34)(H2,27,28,31,35). The smallest absolute Gasteiger partial charge is 0.325 e. The molecule has 3 amide bonds. The predicted octanol–water partition coefficient (Wildman–Crippen LogP) is 2.80. The Bertz CT molecular complexity index is 1310. The van der Waals surface area contributed by atoms with Crippen LogP contribution < -0.4 is 30.3 Å². The van der Waals surface area contributed by atoms with Crippen LogP contribution in [0.1, 0.15) is 40.2 Å². The number of aliphatic hydroxyl groups excluding tert-OH is 1. The van der Waals surface area contributed by atoms with Gasteiger partial charge >= 0.3 is 12.0 Å². The van der Waals surface area contributed by atoms with Crippen molar-refractivity contribution in [2.75, 3.05) is 36.3 Å². The highest BCUT2D eigenvalue weighted by Gasteiger charge is 2.28. The molecule has 1 aliphatic heterocycles. The summed E-state index contributed by atoms with van der Waals surface area (Å²) in [5.74, 6) is 0.754. The number of ether oxygens (including phenoxy) is 2. The Balaban J connectivity index is 1.24. The maximum Gasteiger partial charge on any atom is 0.325 e. The van der Waals surface area contributed by atoms with E-state index in [0.717, 1.165) is 23.4 Å². The van der Waals surface area contributed by atoms with Gasteiger partial charge in [-0.15, -0.1) is 0 Å². The molecule has 2 aliphatic rings. The lowest BCUT2D eigenvalue weighted by atomic mass is 10.1. The van der Waals surface area contributed by atoms with Crippen molar-refractivity contribution >= 4 is 39.9 Å². The third-order valence-electron chi connectivity index (χ3n) is 6.55. The van der Waals surface area contributed by atoms with Gasteiger partial charge in [-0.1, -0.05) is 23.5 Å². The molecule has 2 aromatic heterocycles. The quantitative estimate of drug-likeness (QED) is 0.355. The maximum atomic E-state index is 12.8. The van der Waals surface area contributed by atoms with Gasteiger partial charge in [0.25, 0.3) is 5.91 Å². The van der Waals surface area contributed by atoms with Crippen molar-refractivity contribution in [2.45, 2.75) is 44.4 Å². The minimum absolute atomic E-state index is 0.224. The van der Waals surface area contributed by atoms with Crippen molar-refractivity contribution in [3.63, 3.8) is 0 Å². The lowest BCUT2D eigenvalue weighted by Crippen LogP contribution is -2.40. The van der Waals surface area contributed by atoms with Gasteiger partial charge in [-0.2, -0.15) is 9.97 Å². The van der Waals surface area contributed by atoms with Gasteiger partial charge < -0.3 is 30.1 Å². The molecule has 0 saturated heterocycles. The molecule has 0 bridgehead atoms. The minimum atomic E-state index is -0.548. The van der Waals surface area contributed by atoms with Crippen LogP contribution in [-0.4, -0.2) is 64.9 Å². The lowest BCUT2D eigenvalue weighted by molar-refractivity contribution is 0.0874. The van der Waals surface area contributed by atoms with E-state index in [4.69, 9.17) is 9.47 Å². The lowest BCUT2D eigenvalue weighted by Gasteiger charge is -2.27. The molecule has 1 fully saturated rings. The summed E-state index contributed by atoms with van der Waals surface area (Å²) in [6.45, 7) is 1.25. The molecule has 5 rings (SSSR count). The van der Waals surface area contributed by atoms with Crippen molar-refractivity contribution in [1.82, 2.24) is 20.3 Å². The van der Waals surface area contributed by atoms with Crippen LogP contribution in [0.5, 0.6) is 11.9 Å². The Kier molecular flexibility index (Phi) is 7.56. The molecular formula is C25H29N7O5S. The molecule has 1 aliphatic carbocycles. The highest BCUT2D eigenvalue weighted by molar-refractivity contribution is 7.15. The summed E-state index contributed by atoms with van der Waals surface area (Å²) in [5, 5.41) is 18.9. The number of nitrogens with zero attached hydrogens (tertiary/aromatic N) is 4. The van der Waals surface area contributed by atoms with E-state index in [-0.39, 0.29) is 18.0 Å². The summed E-state index contributed by atoms with van der Waals surface area (Å²) in [6, 6.07) is 7.96. The van der Waals surface area contributed by atoms with E-state index in [1.165, 1.54) is 25.6 Å². The predicted molar refractivity (Wildman–Crippen MR) is 142 cm³/mol. The van der Waals surface area contributed by atoms with E-state index in [9.17, 15) is 14.7 Å². The van der Waals surface area contributed by atoms with E-state index >= 15 is 0 Å². The molecule has 0 spiro atoms. The fourth-order valence-corrected chi connectivity index (χ4v) is 5.61. The summed E-state index contributed by atoms with van der Waals surface area (Å²) in [7, 11) is 3.04. The van der Waals surface area contributed by atoms with Gasteiger partial charge in [0.2, 0.25) is 5.88 Å². The first-order valence-electron chi connectivity index (χ1n) is 12.3. The molecule has 2 atom stereocenters. The SMILES string of the molecule is COc1cc(N2CCc3nc(NC(=O)Nc4ccccc4C(=O)NC4CCCC4O)sc3C2)nc(OC)n1. The zero-order valence-corrected chi connectivity index (χ0v) is 21.9. The summed E-state index contributed by atoms with van der Waals surface area (Å²) in [6.07, 6.45) is 2.40. The van der Waals surface area contributed by atoms with Crippen molar-refractivity contribution < 1.29 is 24.2 Å². The number of thiazole rings is 1. The molecule has 0 radical (unpaired) electrons. The van der Waals surface area contributed by atoms with Gasteiger partial charge in [0.05, 0.1) is 49.9 Å². The summed E-state index contributed by atoms with van der Waals surface area (Å²) in [4.78, 5) is 41.9. The highest BCUT2D eigenvalue weighted by atomic mass is 32.1. The Hall–Kier alpha value is -3.97. The van der Waals surface area contributed by atoms with Crippen LogP contribution in [0.2, 0.25) is 0 Å². The number of urea groups is 1. The number of amides is 3. The summed E-state index contributed by atoms with van der Waals surface area (Å²) >= 11 is 1.39. The summed E-state index contributed by atoms with van der Waals surface area (Å²) in [5.41, 5.74) is 1.62. The van der Waals surface area contributed by atoms with Gasteiger partial charge in [0, 0.05) is 23.9 Å². The first-order valence-corrected chi connectivity index (χ1v) is 13.1. The molecule has 2 unspecified atom stereocenters. The van der Waals surface area contributed by atoms with Crippen LogP contribution in [0.3, 0.4) is 0 Å². The summed E-state index contributed by atoms with van der Waals surface area (Å²) < 4.78 is 10.4. The number of para-hydroxylation sites is 1. The van der Waals surface area contributed by atoms with Crippen molar-refractivity contribution in [3.05, 3.63) is 46.5 Å². The fourth-order valence-electron chi connectivity index (χ4n) is 4.59. The van der Waals surface area contributed by atoms with Crippen molar-refractivity contribution in [1.29, 1.82) is 0 Å². The van der Waals surface area contributed by atoms with E-state index in [0.29, 0.717) is 54.0 Å². The number of benzene rings is 1. The van der Waals surface area contributed by atoms with E-state index in [1.807, 2.05) is 0 Å². The topological polar surface area (TPSA) is 151 Å². The number of methoxy groups -OCH3 is 2. The second-order valence-corrected chi connectivity index (χ2v) is 10.1. The van der Waals surface area contributed by atoms with Gasteiger partial charge in [0.1, 0.15) is 5.82 Å². The number of hydrogen-bond acceptors (Lipinski definition) is 10. The molecule has 38 heavy (non-hydrogen) atoms. The number of aromatic nitrogens is 3. The molecule has 1 saturated carbocycles. The zero-order valence-electron chi connectivity index (χ0n) is 21.1. The number of hydrogen-bond donors (Lipinski definition) is 4. The molecule has 1 aromatic carbocycles. The zero-order chi connectivity index (χ0) is 26.6. The Morgan fingerprint density at radius 1 is 1.11 bits per heavy atom. The number of carbonyl (C=O) groups is 2. The number of aliphatic hydroxyl groups is 1. The number of carbonyl (C=O) groups excluding carboxylic acids is 2. The minimum Gasteiger partial charge on any atom is -0.481 e. The average molecular weight is 540 g/mol. The Labute approximate surface area is 223 Å². The van der Waals surface area contributed by atoms with Crippen LogP contribution in [0.4, 0.5) is 21.4 Å². The van der Waals surface area contributed by atoms with Crippen molar-refractivity contribution in [2.24, 2.45) is 0 Å². The molecule has 4 N–H and O–H groups in total. The molecule has 13 heteroatoms. The number of rotatable bonds is 7. The second-order valence-electron chi connectivity index (χ2n) is 9.02. The van der Waals surface area contributed by atoms with Gasteiger partial charge in [-0.3, -0.25) is 10.1 Å². The van der Waals surface area contributed by atoms with E-state index in [2.05, 4.69) is 35.8 Å². The highest BCUT2D eigenvalue weighted by Crippen LogP contribution is 2.32. The van der Waals surface area contributed by atoms with Crippen LogP contribution in [-0.2, 0) is 13.0 Å². The maximum absolute atomic E-state index is 12.8. The monoisotopic (exact) mass is 539 g/mol. The van der Waals surface area contributed by atoms with Gasteiger partial charge in [-0.25, -0.2) is 9.78 Å².